The summed E-state index contributed by atoms with van der Waals surface area (Å²) in [4.78, 5) is 14.0. The van der Waals surface area contributed by atoms with Crippen molar-refractivity contribution in [2.24, 2.45) is 0 Å². The Kier molecular flexibility index (Phi) is 15.3. The minimum atomic E-state index is -3.55. The van der Waals surface area contributed by atoms with Crippen LogP contribution in [0, 0.1) is 0 Å². The number of hydrogen-bond acceptors (Lipinski definition) is 16. The van der Waals surface area contributed by atoms with Crippen LogP contribution in [0.5, 0.6) is 46.0 Å². The third-order valence-corrected chi connectivity index (χ3v) is 26.7. The maximum atomic E-state index is 6.24. The lowest BCUT2D eigenvalue weighted by Gasteiger charge is -2.29. The molecule has 0 amide bonds. The van der Waals surface area contributed by atoms with Crippen LogP contribution in [0.25, 0.3) is 19.5 Å². The molecule has 12 aromatic rings. The van der Waals surface area contributed by atoms with Crippen LogP contribution in [0.2, 0.25) is 0 Å². The highest BCUT2D eigenvalue weighted by atomic mass is 32.1. The lowest BCUT2D eigenvalue weighted by atomic mass is 10.2. The molecular weight excluding hydrogens is 1210 g/mol. The summed E-state index contributed by atoms with van der Waals surface area (Å²) in [5, 5.41) is 9.09. The molecule has 8 aromatic carbocycles. The summed E-state index contributed by atoms with van der Waals surface area (Å²) in [6.45, 7) is 0. The van der Waals surface area contributed by atoms with Gasteiger partial charge in [-0.1, -0.05) is 97.1 Å². The van der Waals surface area contributed by atoms with E-state index in [0.717, 1.165) is 111 Å². The van der Waals surface area contributed by atoms with Gasteiger partial charge in [0.15, 0.2) is 8.07 Å². The highest BCUT2D eigenvalue weighted by Gasteiger charge is 2.59. The van der Waals surface area contributed by atoms with Crippen molar-refractivity contribution < 1.29 is 37.9 Å². The fraction of sp³-hybridized carbons (Fsp3) is 0.111. The molecule has 0 N–H and O–H groups in total. The molecule has 12 nitrogen and oxygen atoms in total. The normalized spacial score (nSPS) is 12.1. The lowest BCUT2D eigenvalue weighted by Crippen LogP contribution is -2.70. The second kappa shape index (κ2) is 23.8. The van der Waals surface area contributed by atoms with E-state index in [-0.39, 0.29) is 0 Å². The van der Waals surface area contributed by atoms with Crippen LogP contribution in [0.3, 0.4) is 0 Å². The van der Waals surface area contributed by atoms with E-state index in [1.54, 1.807) is 102 Å². The van der Waals surface area contributed by atoms with Crippen LogP contribution >= 0.6 is 45.3 Å². The van der Waals surface area contributed by atoms with Crippen molar-refractivity contribution in [2.75, 3.05) is 76.5 Å². The predicted octanol–water partition coefficient (Wildman–Crippen LogP) is 17.2. The molecule has 89 heavy (non-hydrogen) atoms. The van der Waals surface area contributed by atoms with Gasteiger partial charge in [0.1, 0.15) is 66.0 Å². The summed E-state index contributed by atoms with van der Waals surface area (Å²) in [6.07, 6.45) is 0. The quantitative estimate of drug-likeness (QED) is 0.0681. The molecule has 0 aliphatic carbocycles. The topological polar surface area (TPSA) is 86.8 Å². The van der Waals surface area contributed by atoms with Crippen molar-refractivity contribution in [3.8, 4) is 65.5 Å². The minimum Gasteiger partial charge on any atom is -0.495 e. The fourth-order valence-electron chi connectivity index (χ4n) is 12.6. The Morgan fingerprint density at radius 3 is 0.517 bits per heavy atom. The van der Waals surface area contributed by atoms with Gasteiger partial charge in [0, 0.05) is 19.5 Å². The number of thiophene rings is 4. The van der Waals surface area contributed by atoms with Gasteiger partial charge in [-0.2, -0.15) is 0 Å². The Morgan fingerprint density at radius 1 is 0.225 bits per heavy atom. The fourth-order valence-corrected chi connectivity index (χ4v) is 25.5. The number of anilines is 12. The van der Waals surface area contributed by atoms with Crippen molar-refractivity contribution in [2.45, 2.75) is 0 Å². The molecule has 444 valence electrons. The number of rotatable bonds is 20. The van der Waals surface area contributed by atoms with E-state index in [0.29, 0.717) is 0 Å². The Bertz CT molecular complexity index is 3850. The van der Waals surface area contributed by atoms with Crippen molar-refractivity contribution in [1.29, 1.82) is 0 Å². The summed E-state index contributed by atoms with van der Waals surface area (Å²) in [6, 6.07) is 75.5. The highest BCUT2D eigenvalue weighted by molar-refractivity contribution is 7.41. The van der Waals surface area contributed by atoms with Gasteiger partial charge in [-0.3, -0.25) is 19.6 Å². The second-order valence-corrected chi connectivity index (χ2v) is 28.6. The first-order chi connectivity index (χ1) is 43.8. The first kappa shape index (κ1) is 57.1. The molecule has 1 spiro atoms. The monoisotopic (exact) mass is 1260 g/mol. The summed E-state index contributed by atoms with van der Waals surface area (Å²) >= 11 is 7.15. The number of fused-ring (bicyclic) bond motifs is 10. The zero-order chi connectivity index (χ0) is 60.9. The van der Waals surface area contributed by atoms with E-state index >= 15 is 0 Å². The molecule has 0 radical (unpaired) electrons. The maximum Gasteiger partial charge on any atom is 0.186 e. The minimum absolute atomic E-state index is 0.721. The SMILES string of the molecule is COc1ccccc1N(c1cc2c(s1)-c1sc(N(c3ccccc3OC)c3ccccc3OC)cc1[Si]21c2cc(N(c3ccccc3OC)c3ccccc3OC)sc2-c2sc(N(c3ccccc3OC)c3ccccc3OC)cc21)c1ccccc1OC. The maximum absolute atomic E-state index is 6.24. The predicted molar refractivity (Wildman–Crippen MR) is 371 cm³/mol. The van der Waals surface area contributed by atoms with Gasteiger partial charge in [0.05, 0.1) is 102 Å². The summed E-state index contributed by atoms with van der Waals surface area (Å²) in [7, 11) is 10.3. The average Bonchev–Trinajstić information content (AvgIpc) is 1.49. The summed E-state index contributed by atoms with van der Waals surface area (Å²) < 4.78 is 49.9. The van der Waals surface area contributed by atoms with Gasteiger partial charge in [-0.15, -0.1) is 45.3 Å². The number of hydrogen-bond donors (Lipinski definition) is 0. The molecular formula is C72H60N4O8S4Si. The molecule has 0 unspecified atom stereocenters. The lowest BCUT2D eigenvalue weighted by molar-refractivity contribution is 0.412. The first-order valence-electron chi connectivity index (χ1n) is 28.6. The molecule has 0 saturated carbocycles. The second-order valence-electron chi connectivity index (χ2n) is 20.8. The molecule has 0 bridgehead atoms. The van der Waals surface area contributed by atoms with Crippen LogP contribution in [-0.4, -0.2) is 65.0 Å². The Balaban J connectivity index is 1.13. The van der Waals surface area contributed by atoms with Crippen molar-refractivity contribution in [3.63, 3.8) is 0 Å². The van der Waals surface area contributed by atoms with Crippen LogP contribution < -0.4 is 78.2 Å². The van der Waals surface area contributed by atoms with Crippen molar-refractivity contribution in [3.05, 3.63) is 218 Å². The van der Waals surface area contributed by atoms with Crippen LogP contribution in [0.4, 0.5) is 65.5 Å². The Hall–Kier alpha value is -9.62. The van der Waals surface area contributed by atoms with Crippen molar-refractivity contribution >= 4 is 140 Å². The molecule has 6 heterocycles. The molecule has 0 atom stereocenters. The number of methoxy groups -OCH3 is 8. The van der Waals surface area contributed by atoms with Gasteiger partial charge in [0.25, 0.3) is 0 Å². The van der Waals surface area contributed by atoms with E-state index in [1.165, 1.54) is 40.3 Å². The molecule has 17 heteroatoms. The molecule has 4 aromatic heterocycles. The van der Waals surface area contributed by atoms with E-state index in [4.69, 9.17) is 37.9 Å². The molecule has 2 aliphatic rings. The van der Waals surface area contributed by atoms with Crippen molar-refractivity contribution in [1.82, 2.24) is 0 Å². The number of nitrogens with zero attached hydrogens (tertiary/aromatic N) is 4. The zero-order valence-corrected chi connectivity index (χ0v) is 54.2. The third-order valence-electron chi connectivity index (χ3n) is 16.4. The Labute approximate surface area is 534 Å². The molecule has 2 aliphatic heterocycles. The van der Waals surface area contributed by atoms with E-state index in [2.05, 4.69) is 141 Å². The van der Waals surface area contributed by atoms with Gasteiger partial charge >= 0.3 is 0 Å². The Morgan fingerprint density at radius 2 is 0.371 bits per heavy atom. The van der Waals surface area contributed by atoms with Gasteiger partial charge in [-0.25, -0.2) is 0 Å². The first-order valence-corrected chi connectivity index (χ1v) is 33.9. The number of para-hydroxylation sites is 16. The summed E-state index contributed by atoms with van der Waals surface area (Å²) in [5.74, 6) is 5.76. The van der Waals surface area contributed by atoms with Gasteiger partial charge < -0.3 is 37.9 Å². The van der Waals surface area contributed by atoms with E-state index in [9.17, 15) is 0 Å². The van der Waals surface area contributed by atoms with Crippen LogP contribution in [0.1, 0.15) is 0 Å². The summed E-state index contributed by atoms with van der Waals surface area (Å²) in [5.41, 5.74) is 6.98. The molecule has 0 saturated heterocycles. The molecule has 0 fully saturated rings. The zero-order valence-electron chi connectivity index (χ0n) is 50.0. The average molecular weight is 1270 g/mol. The number of benzene rings is 8. The van der Waals surface area contributed by atoms with Crippen LogP contribution in [-0.2, 0) is 0 Å². The third kappa shape index (κ3) is 9.25. The molecule has 14 rings (SSSR count). The largest absolute Gasteiger partial charge is 0.495 e. The smallest absolute Gasteiger partial charge is 0.186 e. The van der Waals surface area contributed by atoms with E-state index < -0.39 is 8.07 Å². The van der Waals surface area contributed by atoms with E-state index in [1.807, 2.05) is 97.1 Å². The van der Waals surface area contributed by atoms with Crippen LogP contribution in [0.15, 0.2) is 218 Å². The van der Waals surface area contributed by atoms with Gasteiger partial charge in [0.2, 0.25) is 0 Å². The van der Waals surface area contributed by atoms with Gasteiger partial charge in [-0.05, 0) is 142 Å². The highest BCUT2D eigenvalue weighted by Crippen LogP contribution is 2.58. The number of ether oxygens (including phenoxy) is 8. The standard InChI is InChI=1S/C72H60N4O8S4Si/c1-77-53-33-17-9-25-45(53)73(46-26-10-18-34-54(46)78-2)65-41-61-69(85-65)70-62(42-66(86-70)74(47-27-11-19-35-55(47)79-3)48-28-12-20-36-56(48)80-4)89(61)63-43-67(75(49-29-13-21-37-57(49)81-5)50-30-14-22-38-58(50)82-6)87-71(63)72-64(89)44-68(88-72)76(51-31-15-23-39-59(51)83-7)52-32-16-24-40-60(52)84-8/h9-44H,1-8H3.